The molecule has 1 aliphatic heterocycles. The summed E-state index contributed by atoms with van der Waals surface area (Å²) >= 11 is 0. The Balaban J connectivity index is 2.03. The molecule has 0 saturated carbocycles. The van der Waals surface area contributed by atoms with Crippen molar-refractivity contribution in [3.8, 4) is 0 Å². The molecule has 0 amide bonds. The van der Waals surface area contributed by atoms with Crippen LogP contribution in [0.1, 0.15) is 40.0 Å². The second kappa shape index (κ2) is 5.61. The maximum atomic E-state index is 5.78. The number of hydrogen-bond donors (Lipinski definition) is 1. The first kappa shape index (κ1) is 11.0. The monoisotopic (exact) mass is 185 g/mol. The molecule has 1 rings (SSSR count). The molecule has 0 radical (unpaired) electrons. The van der Waals surface area contributed by atoms with E-state index < -0.39 is 0 Å². The van der Waals surface area contributed by atoms with Crippen molar-refractivity contribution in [1.29, 1.82) is 0 Å². The highest BCUT2D eigenvalue weighted by molar-refractivity contribution is 4.80. The standard InChI is InChI=1S/C11H23NO/c1-4-10-7-11(8-12-10)13-6-5-9(2)3/h9-12H,4-8H2,1-3H3/t10-,11-/m0/s1. The van der Waals surface area contributed by atoms with Crippen molar-refractivity contribution in [1.82, 2.24) is 5.32 Å². The van der Waals surface area contributed by atoms with Gasteiger partial charge in [-0.3, -0.25) is 0 Å². The summed E-state index contributed by atoms with van der Waals surface area (Å²) in [4.78, 5) is 0. The van der Waals surface area contributed by atoms with Crippen LogP contribution in [0.2, 0.25) is 0 Å². The van der Waals surface area contributed by atoms with Crippen LogP contribution in [0.5, 0.6) is 0 Å². The van der Waals surface area contributed by atoms with Crippen molar-refractivity contribution >= 4 is 0 Å². The van der Waals surface area contributed by atoms with Gasteiger partial charge in [-0.25, -0.2) is 0 Å². The molecular weight excluding hydrogens is 162 g/mol. The Morgan fingerprint density at radius 3 is 2.77 bits per heavy atom. The van der Waals surface area contributed by atoms with Gasteiger partial charge in [0.2, 0.25) is 0 Å². The Morgan fingerprint density at radius 1 is 1.46 bits per heavy atom. The zero-order valence-corrected chi connectivity index (χ0v) is 9.18. The van der Waals surface area contributed by atoms with E-state index in [9.17, 15) is 0 Å². The summed E-state index contributed by atoms with van der Waals surface area (Å²) in [5.74, 6) is 0.760. The molecular formula is C11H23NO. The van der Waals surface area contributed by atoms with E-state index >= 15 is 0 Å². The molecule has 13 heavy (non-hydrogen) atoms. The number of ether oxygens (including phenoxy) is 1. The molecule has 1 fully saturated rings. The lowest BCUT2D eigenvalue weighted by atomic mass is 10.1. The Morgan fingerprint density at radius 2 is 2.23 bits per heavy atom. The van der Waals surface area contributed by atoms with E-state index in [4.69, 9.17) is 4.74 Å². The van der Waals surface area contributed by atoms with E-state index in [1.165, 1.54) is 19.3 Å². The van der Waals surface area contributed by atoms with Gasteiger partial charge in [0.05, 0.1) is 6.10 Å². The quantitative estimate of drug-likeness (QED) is 0.709. The predicted octanol–water partition coefficient (Wildman–Crippen LogP) is 2.19. The molecule has 0 bridgehead atoms. The van der Waals surface area contributed by atoms with Crippen LogP contribution < -0.4 is 5.32 Å². The molecule has 2 heteroatoms. The zero-order chi connectivity index (χ0) is 9.68. The predicted molar refractivity (Wildman–Crippen MR) is 55.9 cm³/mol. The van der Waals surface area contributed by atoms with Gasteiger partial charge in [-0.2, -0.15) is 0 Å². The van der Waals surface area contributed by atoms with Crippen molar-refractivity contribution in [3.05, 3.63) is 0 Å². The van der Waals surface area contributed by atoms with E-state index in [1.54, 1.807) is 0 Å². The molecule has 78 valence electrons. The van der Waals surface area contributed by atoms with Gasteiger partial charge in [0.1, 0.15) is 0 Å². The Kier molecular flexibility index (Phi) is 4.74. The summed E-state index contributed by atoms with van der Waals surface area (Å²) in [6.45, 7) is 8.70. The maximum absolute atomic E-state index is 5.78. The molecule has 2 nitrogen and oxygen atoms in total. The third kappa shape index (κ3) is 4.10. The van der Waals surface area contributed by atoms with Gasteiger partial charge in [0, 0.05) is 19.2 Å². The van der Waals surface area contributed by atoms with Crippen molar-refractivity contribution in [2.24, 2.45) is 5.92 Å². The summed E-state index contributed by atoms with van der Waals surface area (Å²) in [6, 6.07) is 0.698. The summed E-state index contributed by atoms with van der Waals surface area (Å²) < 4.78 is 5.78. The van der Waals surface area contributed by atoms with Crippen LogP contribution in [0.4, 0.5) is 0 Å². The summed E-state index contributed by atoms with van der Waals surface area (Å²) in [7, 11) is 0. The highest BCUT2D eigenvalue weighted by Gasteiger charge is 2.22. The van der Waals surface area contributed by atoms with Crippen LogP contribution >= 0.6 is 0 Å². The third-order valence-electron chi connectivity index (χ3n) is 2.72. The van der Waals surface area contributed by atoms with Gasteiger partial charge >= 0.3 is 0 Å². The van der Waals surface area contributed by atoms with Crippen LogP contribution in [-0.4, -0.2) is 25.3 Å². The minimum Gasteiger partial charge on any atom is -0.377 e. The maximum Gasteiger partial charge on any atom is 0.0714 e. The minimum atomic E-state index is 0.476. The lowest BCUT2D eigenvalue weighted by Gasteiger charge is -2.11. The molecule has 1 saturated heterocycles. The first-order valence-electron chi connectivity index (χ1n) is 5.57. The largest absolute Gasteiger partial charge is 0.377 e. The number of nitrogens with one attached hydrogen (secondary N) is 1. The Hall–Kier alpha value is -0.0800. The fourth-order valence-corrected chi connectivity index (χ4v) is 1.69. The van der Waals surface area contributed by atoms with Gasteiger partial charge in [0.15, 0.2) is 0 Å². The van der Waals surface area contributed by atoms with Crippen LogP contribution in [0, 0.1) is 5.92 Å². The topological polar surface area (TPSA) is 21.3 Å². The number of hydrogen-bond acceptors (Lipinski definition) is 2. The van der Waals surface area contributed by atoms with Gasteiger partial charge in [-0.15, -0.1) is 0 Å². The van der Waals surface area contributed by atoms with Gasteiger partial charge in [-0.1, -0.05) is 20.8 Å². The summed E-state index contributed by atoms with van der Waals surface area (Å²) in [6.07, 6.45) is 4.09. The average molecular weight is 185 g/mol. The molecule has 0 unspecified atom stereocenters. The molecule has 1 aliphatic rings. The fourth-order valence-electron chi connectivity index (χ4n) is 1.69. The lowest BCUT2D eigenvalue weighted by Crippen LogP contribution is -2.20. The molecule has 0 aromatic rings. The third-order valence-corrected chi connectivity index (χ3v) is 2.72. The van der Waals surface area contributed by atoms with Crippen molar-refractivity contribution in [2.75, 3.05) is 13.2 Å². The highest BCUT2D eigenvalue weighted by Crippen LogP contribution is 2.13. The molecule has 0 spiro atoms. The van der Waals surface area contributed by atoms with E-state index in [0.29, 0.717) is 12.1 Å². The molecule has 1 heterocycles. The van der Waals surface area contributed by atoms with Crippen LogP contribution in [0.15, 0.2) is 0 Å². The first-order chi connectivity index (χ1) is 6.22. The smallest absolute Gasteiger partial charge is 0.0714 e. The number of rotatable bonds is 5. The van der Waals surface area contributed by atoms with E-state index in [2.05, 4.69) is 26.1 Å². The summed E-state index contributed by atoms with van der Waals surface area (Å²) in [5.41, 5.74) is 0. The van der Waals surface area contributed by atoms with Crippen molar-refractivity contribution < 1.29 is 4.74 Å². The highest BCUT2D eigenvalue weighted by atomic mass is 16.5. The van der Waals surface area contributed by atoms with Gasteiger partial charge < -0.3 is 10.1 Å². The minimum absolute atomic E-state index is 0.476. The first-order valence-corrected chi connectivity index (χ1v) is 5.57. The van der Waals surface area contributed by atoms with Crippen molar-refractivity contribution in [2.45, 2.75) is 52.2 Å². The normalized spacial score (nSPS) is 28.6. The van der Waals surface area contributed by atoms with Crippen molar-refractivity contribution in [3.63, 3.8) is 0 Å². The Bertz CT molecular complexity index is 136. The molecule has 2 atom stereocenters. The van der Waals surface area contributed by atoms with E-state index in [0.717, 1.165) is 19.1 Å². The second-order valence-corrected chi connectivity index (χ2v) is 4.42. The second-order valence-electron chi connectivity index (χ2n) is 4.42. The zero-order valence-electron chi connectivity index (χ0n) is 9.18. The lowest BCUT2D eigenvalue weighted by molar-refractivity contribution is 0.0581. The average Bonchev–Trinajstić information content (AvgIpc) is 2.52. The van der Waals surface area contributed by atoms with Crippen LogP contribution in [-0.2, 0) is 4.74 Å². The molecule has 1 N–H and O–H groups in total. The Labute approximate surface area is 82.0 Å². The van der Waals surface area contributed by atoms with E-state index in [-0.39, 0.29) is 0 Å². The fraction of sp³-hybridized carbons (Fsp3) is 1.00. The SMILES string of the molecule is CC[C@H]1C[C@H](OCCC(C)C)CN1. The van der Waals surface area contributed by atoms with Crippen LogP contribution in [0.25, 0.3) is 0 Å². The van der Waals surface area contributed by atoms with Crippen LogP contribution in [0.3, 0.4) is 0 Å². The van der Waals surface area contributed by atoms with Gasteiger partial charge in [-0.05, 0) is 25.2 Å². The molecule has 0 aromatic heterocycles. The van der Waals surface area contributed by atoms with Gasteiger partial charge in [0.25, 0.3) is 0 Å². The summed E-state index contributed by atoms with van der Waals surface area (Å²) in [5, 5.41) is 3.47. The van der Waals surface area contributed by atoms with E-state index in [1.807, 2.05) is 0 Å². The molecule has 0 aromatic carbocycles. The molecule has 0 aliphatic carbocycles.